The number of esters is 3. The van der Waals surface area contributed by atoms with Crippen molar-refractivity contribution in [3.8, 4) is 0 Å². The number of fused-ring (bicyclic) bond motifs is 7. The van der Waals surface area contributed by atoms with Gasteiger partial charge in [-0.25, -0.2) is 0 Å². The molecule has 3 heterocycles. The Kier molecular flexibility index (Phi) is 5.84. The molecule has 0 aromatic rings. The Morgan fingerprint density at radius 1 is 0.946 bits per heavy atom. The molecule has 0 aromatic carbocycles. The van der Waals surface area contributed by atoms with Gasteiger partial charge in [0.05, 0.1) is 19.1 Å². The lowest BCUT2D eigenvalue weighted by atomic mass is 9.38. The molecule has 3 aliphatic carbocycles. The second-order valence-electron chi connectivity index (χ2n) is 14.1. The van der Waals surface area contributed by atoms with E-state index in [0.29, 0.717) is 36.7 Å². The average Bonchev–Trinajstić information content (AvgIpc) is 3.26. The summed E-state index contributed by atoms with van der Waals surface area (Å²) in [5, 5.41) is 0. The van der Waals surface area contributed by atoms with Crippen LogP contribution in [0.25, 0.3) is 0 Å². The Morgan fingerprint density at radius 3 is 2.46 bits per heavy atom. The quantitative estimate of drug-likeness (QED) is 0.386. The molecule has 0 amide bonds. The standard InChI is InChI=1S/C30H44O7/c1-17(31)34-16-27(3)10-6-11-29(5)22(27)9-12-28(4)20-13-24(35-18(2)32)30-15-26(33)36-25(30)14-21(37-30)19(20)7-8-23(28)29/h19-25H,6-16H2,1-5H3/t19-,20+,21+,22?,23?,24+,25-,27+,28-,29-,30+/m0/s1. The molecule has 3 saturated heterocycles. The minimum absolute atomic E-state index is 0.0104. The fourth-order valence-electron chi connectivity index (χ4n) is 11.0. The molecule has 6 rings (SSSR count). The molecule has 7 heteroatoms. The molecule has 6 aliphatic rings. The molecule has 1 spiro atoms. The summed E-state index contributed by atoms with van der Waals surface area (Å²) in [7, 11) is 0. The van der Waals surface area contributed by atoms with Crippen molar-refractivity contribution in [2.45, 2.75) is 123 Å². The van der Waals surface area contributed by atoms with E-state index in [4.69, 9.17) is 18.9 Å². The van der Waals surface area contributed by atoms with Gasteiger partial charge in [0.25, 0.3) is 0 Å². The van der Waals surface area contributed by atoms with Gasteiger partial charge in [0.15, 0.2) is 5.60 Å². The zero-order valence-corrected chi connectivity index (χ0v) is 23.2. The molecule has 3 saturated carbocycles. The number of carbonyl (C=O) groups excluding carboxylic acids is 3. The molecular formula is C30H44O7. The molecule has 37 heavy (non-hydrogen) atoms. The first kappa shape index (κ1) is 25.6. The summed E-state index contributed by atoms with van der Waals surface area (Å²) in [5.41, 5.74) is -0.529. The highest BCUT2D eigenvalue weighted by atomic mass is 16.6. The van der Waals surface area contributed by atoms with Crippen molar-refractivity contribution in [2.24, 2.45) is 39.9 Å². The maximum absolute atomic E-state index is 12.4. The van der Waals surface area contributed by atoms with Gasteiger partial charge in [0, 0.05) is 25.7 Å². The Labute approximate surface area is 220 Å². The molecule has 7 nitrogen and oxygen atoms in total. The van der Waals surface area contributed by atoms with Crippen LogP contribution in [-0.4, -0.2) is 48.4 Å². The van der Waals surface area contributed by atoms with Crippen molar-refractivity contribution in [2.75, 3.05) is 6.61 Å². The van der Waals surface area contributed by atoms with Gasteiger partial charge in [-0.15, -0.1) is 0 Å². The summed E-state index contributed by atoms with van der Waals surface area (Å²) in [5.74, 6) is 1.10. The van der Waals surface area contributed by atoms with Crippen molar-refractivity contribution < 1.29 is 33.3 Å². The van der Waals surface area contributed by atoms with E-state index in [1.807, 2.05) is 0 Å². The number of hydrogen-bond acceptors (Lipinski definition) is 7. The third-order valence-electron chi connectivity index (χ3n) is 12.3. The largest absolute Gasteiger partial charge is 0.465 e. The number of carbonyl (C=O) groups is 3. The third kappa shape index (κ3) is 3.65. The van der Waals surface area contributed by atoms with Gasteiger partial charge in [-0.1, -0.05) is 27.2 Å². The van der Waals surface area contributed by atoms with Crippen LogP contribution in [0.15, 0.2) is 0 Å². The minimum atomic E-state index is -0.828. The summed E-state index contributed by atoms with van der Waals surface area (Å²) in [6.45, 7) is 10.9. The van der Waals surface area contributed by atoms with E-state index in [1.165, 1.54) is 26.7 Å². The molecule has 0 N–H and O–H groups in total. The fraction of sp³-hybridized carbons (Fsp3) is 0.900. The molecule has 0 aromatic heterocycles. The van der Waals surface area contributed by atoms with Crippen molar-refractivity contribution in [3.63, 3.8) is 0 Å². The van der Waals surface area contributed by atoms with Gasteiger partial charge in [-0.2, -0.15) is 0 Å². The number of hydrogen-bond donors (Lipinski definition) is 0. The fourth-order valence-corrected chi connectivity index (χ4v) is 11.0. The van der Waals surface area contributed by atoms with Crippen LogP contribution in [0.3, 0.4) is 0 Å². The highest BCUT2D eigenvalue weighted by Crippen LogP contribution is 2.71. The highest BCUT2D eigenvalue weighted by Gasteiger charge is 2.70. The van der Waals surface area contributed by atoms with E-state index in [2.05, 4.69) is 20.8 Å². The van der Waals surface area contributed by atoms with Crippen molar-refractivity contribution in [1.82, 2.24) is 0 Å². The maximum atomic E-state index is 12.4. The zero-order valence-electron chi connectivity index (χ0n) is 23.2. The number of ether oxygens (including phenoxy) is 4. The second kappa shape index (κ2) is 8.43. The summed E-state index contributed by atoms with van der Waals surface area (Å²) >= 11 is 0. The number of rotatable bonds is 3. The Hall–Kier alpha value is -1.63. The molecule has 206 valence electrons. The van der Waals surface area contributed by atoms with Crippen LogP contribution in [0.1, 0.15) is 98.8 Å². The summed E-state index contributed by atoms with van der Waals surface area (Å²) < 4.78 is 24.1. The molecule has 2 bridgehead atoms. The lowest BCUT2D eigenvalue weighted by Crippen LogP contribution is -2.61. The van der Waals surface area contributed by atoms with E-state index in [-0.39, 0.29) is 52.8 Å². The lowest BCUT2D eigenvalue weighted by Gasteiger charge is -2.67. The lowest BCUT2D eigenvalue weighted by molar-refractivity contribution is -0.197. The van der Waals surface area contributed by atoms with Gasteiger partial charge in [-0.05, 0) is 79.4 Å². The molecule has 3 aliphatic heterocycles. The molecule has 0 radical (unpaired) electrons. The topological polar surface area (TPSA) is 88.1 Å². The van der Waals surface area contributed by atoms with Crippen LogP contribution < -0.4 is 0 Å². The van der Waals surface area contributed by atoms with Crippen LogP contribution in [0.4, 0.5) is 0 Å². The Morgan fingerprint density at radius 2 is 1.73 bits per heavy atom. The predicted molar refractivity (Wildman–Crippen MR) is 134 cm³/mol. The first-order chi connectivity index (χ1) is 17.4. The third-order valence-corrected chi connectivity index (χ3v) is 12.3. The van der Waals surface area contributed by atoms with Crippen molar-refractivity contribution in [3.05, 3.63) is 0 Å². The van der Waals surface area contributed by atoms with Gasteiger partial charge >= 0.3 is 17.9 Å². The monoisotopic (exact) mass is 516 g/mol. The van der Waals surface area contributed by atoms with Crippen LogP contribution >= 0.6 is 0 Å². The average molecular weight is 517 g/mol. The molecule has 11 atom stereocenters. The molecule has 6 fully saturated rings. The van der Waals surface area contributed by atoms with Crippen LogP contribution in [0.5, 0.6) is 0 Å². The Bertz CT molecular complexity index is 994. The van der Waals surface area contributed by atoms with Crippen LogP contribution in [0, 0.1) is 39.9 Å². The zero-order chi connectivity index (χ0) is 26.4. The van der Waals surface area contributed by atoms with Gasteiger partial charge in [0.2, 0.25) is 0 Å². The van der Waals surface area contributed by atoms with Crippen LogP contribution in [-0.2, 0) is 33.3 Å². The first-order valence-electron chi connectivity index (χ1n) is 14.6. The smallest absolute Gasteiger partial charge is 0.309 e. The van der Waals surface area contributed by atoms with Gasteiger partial charge in [-0.3, -0.25) is 14.4 Å². The minimum Gasteiger partial charge on any atom is -0.465 e. The van der Waals surface area contributed by atoms with Crippen molar-refractivity contribution in [1.29, 1.82) is 0 Å². The van der Waals surface area contributed by atoms with Gasteiger partial charge in [0.1, 0.15) is 12.2 Å². The molecular weight excluding hydrogens is 472 g/mol. The normalized spacial score (nSPS) is 52.0. The van der Waals surface area contributed by atoms with Gasteiger partial charge < -0.3 is 18.9 Å². The van der Waals surface area contributed by atoms with E-state index < -0.39 is 11.7 Å². The second-order valence-corrected chi connectivity index (χ2v) is 14.1. The molecule has 2 unspecified atom stereocenters. The van der Waals surface area contributed by atoms with Crippen molar-refractivity contribution >= 4 is 17.9 Å². The Balaban J connectivity index is 1.34. The first-order valence-corrected chi connectivity index (χ1v) is 14.6. The van der Waals surface area contributed by atoms with E-state index in [9.17, 15) is 14.4 Å². The summed E-state index contributed by atoms with van der Waals surface area (Å²) in [4.78, 5) is 36.4. The maximum Gasteiger partial charge on any atom is 0.309 e. The van der Waals surface area contributed by atoms with E-state index in [1.54, 1.807) is 0 Å². The highest BCUT2D eigenvalue weighted by molar-refractivity contribution is 5.75. The van der Waals surface area contributed by atoms with E-state index >= 15 is 0 Å². The summed E-state index contributed by atoms with van der Waals surface area (Å²) in [6.07, 6.45) is 8.93. The van der Waals surface area contributed by atoms with E-state index in [0.717, 1.165) is 38.5 Å². The van der Waals surface area contributed by atoms with Crippen LogP contribution in [0.2, 0.25) is 0 Å². The summed E-state index contributed by atoms with van der Waals surface area (Å²) in [6, 6.07) is 0. The predicted octanol–water partition coefficient (Wildman–Crippen LogP) is 4.98. The SMILES string of the molecule is CC(=O)OC[C@@]1(C)CCC[C@@]2(C)C1CC[C@]1(C)C2CC[C@H]2[C@H]1C[C@@H](OC(C)=O)[C@]13CC(=O)O[C@H]1C[C@H]2O3.